The Morgan fingerprint density at radius 1 is 1.20 bits per heavy atom. The second-order valence-corrected chi connectivity index (χ2v) is 12.6. The molecule has 0 unspecified atom stereocenters. The summed E-state index contributed by atoms with van der Waals surface area (Å²) in [5.41, 5.74) is 1.08. The summed E-state index contributed by atoms with van der Waals surface area (Å²) in [5.74, 6) is 1.14. The fraction of sp³-hybridized carbons (Fsp3) is 0.556. The summed E-state index contributed by atoms with van der Waals surface area (Å²) < 4.78 is 28.0. The molecule has 0 spiro atoms. The van der Waals surface area contributed by atoms with Crippen molar-refractivity contribution in [3.8, 4) is 11.4 Å². The fourth-order valence-electron chi connectivity index (χ4n) is 2.30. The Balaban J connectivity index is 2.49. The Kier molecular flexibility index (Phi) is 5.39. The molecule has 1 aromatic carbocycles. The Hall–Kier alpha value is -1.73. The molecular formula is C18H28FN3O2Si. The van der Waals surface area contributed by atoms with E-state index in [0.29, 0.717) is 22.9 Å². The molecule has 0 N–H and O–H groups in total. The maximum Gasteiger partial charge on any atom is 0.192 e. The van der Waals surface area contributed by atoms with Crippen LogP contribution in [-0.4, -0.2) is 30.2 Å². The maximum absolute atomic E-state index is 15.0. The molecule has 0 atom stereocenters. The lowest BCUT2D eigenvalue weighted by atomic mass is 10.1. The van der Waals surface area contributed by atoms with E-state index in [4.69, 9.17) is 9.16 Å². The molecule has 2 aromatic rings. The summed E-state index contributed by atoms with van der Waals surface area (Å²) in [6.07, 6.45) is 0. The largest absolute Gasteiger partial charge is 0.494 e. The zero-order chi connectivity index (χ0) is 19.0. The van der Waals surface area contributed by atoms with E-state index in [-0.39, 0.29) is 17.4 Å². The van der Waals surface area contributed by atoms with Crippen LogP contribution in [0, 0.1) is 19.7 Å². The van der Waals surface area contributed by atoms with Crippen LogP contribution in [0.1, 0.15) is 38.0 Å². The van der Waals surface area contributed by atoms with Gasteiger partial charge < -0.3 is 9.16 Å². The molecule has 0 amide bonds. The zero-order valence-electron chi connectivity index (χ0n) is 16.4. The van der Waals surface area contributed by atoms with Crippen LogP contribution < -0.4 is 4.74 Å². The first-order chi connectivity index (χ1) is 11.5. The third kappa shape index (κ3) is 3.93. The summed E-state index contributed by atoms with van der Waals surface area (Å²) in [4.78, 5) is 4.31. The standard InChI is InChI=1S/C18H28FN3O2Si/c1-12-20-13(2)22(21-12)15-9-10-16(23-6)17(19)14(15)11-24-25(7,8)18(3,4)5/h9-10H,11H2,1-8H3. The Labute approximate surface area is 150 Å². The quantitative estimate of drug-likeness (QED) is 0.729. The minimum Gasteiger partial charge on any atom is -0.494 e. The lowest BCUT2D eigenvalue weighted by Gasteiger charge is -2.36. The van der Waals surface area contributed by atoms with E-state index in [0.717, 1.165) is 0 Å². The van der Waals surface area contributed by atoms with Gasteiger partial charge in [-0.05, 0) is 44.1 Å². The van der Waals surface area contributed by atoms with Gasteiger partial charge in [-0.15, -0.1) is 0 Å². The molecule has 2 rings (SSSR count). The predicted octanol–water partition coefficient (Wildman–Crippen LogP) is 4.55. The van der Waals surface area contributed by atoms with Crippen molar-refractivity contribution in [2.45, 2.75) is 59.4 Å². The molecule has 0 bridgehead atoms. The third-order valence-electron chi connectivity index (χ3n) is 4.89. The van der Waals surface area contributed by atoms with E-state index >= 15 is 0 Å². The summed E-state index contributed by atoms with van der Waals surface area (Å²) >= 11 is 0. The molecule has 5 nitrogen and oxygen atoms in total. The van der Waals surface area contributed by atoms with E-state index < -0.39 is 14.1 Å². The van der Waals surface area contributed by atoms with Crippen LogP contribution in [0.3, 0.4) is 0 Å². The summed E-state index contributed by atoms with van der Waals surface area (Å²) in [7, 11) is -0.563. The first-order valence-electron chi connectivity index (χ1n) is 8.38. The summed E-state index contributed by atoms with van der Waals surface area (Å²) in [6, 6.07) is 3.41. The highest BCUT2D eigenvalue weighted by atomic mass is 28.4. The van der Waals surface area contributed by atoms with Crippen molar-refractivity contribution in [1.82, 2.24) is 14.8 Å². The van der Waals surface area contributed by atoms with Crippen molar-refractivity contribution in [3.05, 3.63) is 35.2 Å². The van der Waals surface area contributed by atoms with Gasteiger partial charge in [0.2, 0.25) is 0 Å². The van der Waals surface area contributed by atoms with Crippen molar-refractivity contribution in [3.63, 3.8) is 0 Å². The topological polar surface area (TPSA) is 49.2 Å². The minimum atomic E-state index is -2.02. The van der Waals surface area contributed by atoms with Gasteiger partial charge in [-0.3, -0.25) is 0 Å². The fourth-order valence-corrected chi connectivity index (χ4v) is 3.24. The molecule has 0 fully saturated rings. The van der Waals surface area contributed by atoms with Crippen LogP contribution in [0.2, 0.25) is 18.1 Å². The van der Waals surface area contributed by atoms with Crippen LogP contribution in [0.5, 0.6) is 5.75 Å². The van der Waals surface area contributed by atoms with E-state index in [2.05, 4.69) is 43.9 Å². The summed E-state index contributed by atoms with van der Waals surface area (Å²) in [5, 5.41) is 4.43. The SMILES string of the molecule is COc1ccc(-n2nc(C)nc2C)c(CO[Si](C)(C)C(C)(C)C)c1F. The van der Waals surface area contributed by atoms with Crippen LogP contribution in [-0.2, 0) is 11.0 Å². The van der Waals surface area contributed by atoms with Gasteiger partial charge >= 0.3 is 0 Å². The smallest absolute Gasteiger partial charge is 0.192 e. The van der Waals surface area contributed by atoms with Crippen molar-refractivity contribution in [2.24, 2.45) is 0 Å². The molecule has 138 valence electrons. The average molecular weight is 366 g/mol. The van der Waals surface area contributed by atoms with E-state index in [9.17, 15) is 4.39 Å². The zero-order valence-corrected chi connectivity index (χ0v) is 17.4. The van der Waals surface area contributed by atoms with Crippen LogP contribution in [0.4, 0.5) is 4.39 Å². The number of halogens is 1. The third-order valence-corrected chi connectivity index (χ3v) is 9.37. The molecule has 0 aliphatic carbocycles. The lowest BCUT2D eigenvalue weighted by Crippen LogP contribution is -2.40. The van der Waals surface area contributed by atoms with Crippen molar-refractivity contribution < 1.29 is 13.6 Å². The van der Waals surface area contributed by atoms with Gasteiger partial charge in [-0.25, -0.2) is 14.1 Å². The van der Waals surface area contributed by atoms with Crippen molar-refractivity contribution in [1.29, 1.82) is 0 Å². The van der Waals surface area contributed by atoms with Gasteiger partial charge in [-0.2, -0.15) is 5.10 Å². The van der Waals surface area contributed by atoms with E-state index in [1.165, 1.54) is 7.11 Å². The normalized spacial score (nSPS) is 12.5. The van der Waals surface area contributed by atoms with Crippen LogP contribution >= 0.6 is 0 Å². The molecule has 0 radical (unpaired) electrons. The number of hydrogen-bond donors (Lipinski definition) is 0. The molecule has 25 heavy (non-hydrogen) atoms. The number of hydrogen-bond acceptors (Lipinski definition) is 4. The van der Waals surface area contributed by atoms with Gasteiger partial charge in [0.25, 0.3) is 0 Å². The maximum atomic E-state index is 15.0. The molecule has 0 aliphatic heterocycles. The highest BCUT2D eigenvalue weighted by molar-refractivity contribution is 6.74. The van der Waals surface area contributed by atoms with Gasteiger partial charge in [0.05, 0.1) is 19.4 Å². The number of aryl methyl sites for hydroxylation is 2. The molecule has 1 aromatic heterocycles. The number of aromatic nitrogens is 3. The number of benzene rings is 1. The van der Waals surface area contributed by atoms with Gasteiger partial charge in [0.15, 0.2) is 19.9 Å². The monoisotopic (exact) mass is 365 g/mol. The molecule has 0 saturated heterocycles. The average Bonchev–Trinajstić information content (AvgIpc) is 2.83. The second-order valence-electron chi connectivity index (χ2n) is 7.75. The molecular weight excluding hydrogens is 337 g/mol. The van der Waals surface area contributed by atoms with Gasteiger partial charge in [0, 0.05) is 5.56 Å². The number of rotatable bonds is 5. The highest BCUT2D eigenvalue weighted by Crippen LogP contribution is 2.38. The predicted molar refractivity (Wildman–Crippen MR) is 99.3 cm³/mol. The first kappa shape index (κ1) is 19.6. The number of nitrogens with zero attached hydrogens (tertiary/aromatic N) is 3. The molecule has 0 aliphatic rings. The molecule has 0 saturated carbocycles. The van der Waals surface area contributed by atoms with E-state index in [1.807, 2.05) is 13.8 Å². The molecule has 1 heterocycles. The van der Waals surface area contributed by atoms with Crippen LogP contribution in [0.15, 0.2) is 12.1 Å². The summed E-state index contributed by atoms with van der Waals surface area (Å²) in [6.45, 7) is 14.6. The first-order valence-corrected chi connectivity index (χ1v) is 11.3. The second kappa shape index (κ2) is 6.88. The Morgan fingerprint density at radius 3 is 2.32 bits per heavy atom. The van der Waals surface area contributed by atoms with Crippen molar-refractivity contribution in [2.75, 3.05) is 7.11 Å². The molecule has 7 heteroatoms. The number of ether oxygens (including phenoxy) is 1. The highest BCUT2D eigenvalue weighted by Gasteiger charge is 2.37. The van der Waals surface area contributed by atoms with E-state index in [1.54, 1.807) is 16.8 Å². The Bertz CT molecular complexity index is 766. The Morgan fingerprint density at radius 2 is 1.84 bits per heavy atom. The van der Waals surface area contributed by atoms with Crippen molar-refractivity contribution >= 4 is 8.32 Å². The minimum absolute atomic E-state index is 0.0439. The van der Waals surface area contributed by atoms with Crippen LogP contribution in [0.25, 0.3) is 5.69 Å². The lowest BCUT2D eigenvalue weighted by molar-refractivity contribution is 0.268. The van der Waals surface area contributed by atoms with Gasteiger partial charge in [0.1, 0.15) is 11.6 Å². The number of methoxy groups -OCH3 is 1. The van der Waals surface area contributed by atoms with Gasteiger partial charge in [-0.1, -0.05) is 20.8 Å².